The molecule has 2 N–H and O–H groups in total. The number of nitrogens with zero attached hydrogens (tertiary/aromatic N) is 1. The lowest BCUT2D eigenvalue weighted by Crippen LogP contribution is -2.52. The molecule has 13 heteroatoms. The number of carbonyl (C=O) groups is 4. The average Bonchev–Trinajstić information content (AvgIpc) is 3.25. The van der Waals surface area contributed by atoms with E-state index in [9.17, 15) is 41.1 Å². The smallest absolute Gasteiger partial charge is 0.356 e. The van der Waals surface area contributed by atoms with E-state index in [-0.39, 0.29) is 36.3 Å². The van der Waals surface area contributed by atoms with Crippen LogP contribution < -0.4 is 10.6 Å². The van der Waals surface area contributed by atoms with Gasteiger partial charge in [-0.1, -0.05) is 0 Å². The van der Waals surface area contributed by atoms with Gasteiger partial charge in [-0.25, -0.2) is 8.78 Å². The number of nitrogens with one attached hydrogen (secondary N) is 2. The number of likely N-dealkylation sites (tertiary alicyclic amines) is 1. The van der Waals surface area contributed by atoms with E-state index < -0.39 is 60.2 Å². The standard InChI is InChI=1S/C23H24F5N3O5/c24-14-5-13(6-15(25)8-14)21(35)31-11-22(2-3-22)9-17(31)20(34)30-16(7-12-1-4-29-19(12)33)18(32)10-36-23(26,27)28/h5-6,8,12,16-17H,1-4,7,9-11H2,(H,29,33)(H,30,34)/t12-,16-,17-/m0/s1. The third-order valence-corrected chi connectivity index (χ3v) is 6.90. The van der Waals surface area contributed by atoms with Crippen molar-refractivity contribution in [2.24, 2.45) is 11.3 Å². The highest BCUT2D eigenvalue weighted by atomic mass is 19.4. The first-order valence-electron chi connectivity index (χ1n) is 11.4. The van der Waals surface area contributed by atoms with Crippen molar-refractivity contribution < 1.29 is 45.9 Å². The van der Waals surface area contributed by atoms with Gasteiger partial charge in [0.2, 0.25) is 11.8 Å². The number of carbonyl (C=O) groups excluding carboxylic acids is 4. The molecular formula is C23H24F5N3O5. The lowest BCUT2D eigenvalue weighted by Gasteiger charge is -2.27. The van der Waals surface area contributed by atoms with E-state index >= 15 is 0 Å². The van der Waals surface area contributed by atoms with Gasteiger partial charge in [0.25, 0.3) is 5.91 Å². The van der Waals surface area contributed by atoms with Crippen LogP contribution in [0.15, 0.2) is 18.2 Å². The fourth-order valence-electron chi connectivity index (χ4n) is 4.83. The minimum Gasteiger partial charge on any atom is -0.356 e. The van der Waals surface area contributed by atoms with Crippen LogP contribution in [0.4, 0.5) is 22.0 Å². The third-order valence-electron chi connectivity index (χ3n) is 6.90. The minimum absolute atomic E-state index is 0.156. The SMILES string of the molecule is O=C1NCC[C@H]1C[C@H](NC(=O)[C@@H]1CC2(CC2)CN1C(=O)c1cc(F)cc(F)c1)C(=O)COC(F)(F)F. The third kappa shape index (κ3) is 6.00. The number of hydrogen-bond donors (Lipinski definition) is 2. The van der Waals surface area contributed by atoms with E-state index in [0.29, 0.717) is 19.0 Å². The second kappa shape index (κ2) is 9.75. The Morgan fingerprint density at radius 3 is 2.39 bits per heavy atom. The predicted octanol–water partition coefficient (Wildman–Crippen LogP) is 2.08. The van der Waals surface area contributed by atoms with Gasteiger partial charge >= 0.3 is 6.36 Å². The lowest BCUT2D eigenvalue weighted by atomic mass is 9.95. The van der Waals surface area contributed by atoms with Crippen LogP contribution in [0.3, 0.4) is 0 Å². The quantitative estimate of drug-likeness (QED) is 0.514. The van der Waals surface area contributed by atoms with Crippen LogP contribution in [0.2, 0.25) is 0 Å². The highest BCUT2D eigenvalue weighted by Gasteiger charge is 2.55. The van der Waals surface area contributed by atoms with Gasteiger partial charge in [-0.3, -0.25) is 23.9 Å². The number of ketones is 1. The fourth-order valence-corrected chi connectivity index (χ4v) is 4.83. The Balaban J connectivity index is 1.52. The van der Waals surface area contributed by atoms with Gasteiger partial charge in [0.05, 0.1) is 6.04 Å². The number of benzene rings is 1. The van der Waals surface area contributed by atoms with Crippen molar-refractivity contribution in [2.45, 2.75) is 50.6 Å². The molecule has 3 fully saturated rings. The van der Waals surface area contributed by atoms with Crippen molar-refractivity contribution >= 4 is 23.5 Å². The van der Waals surface area contributed by atoms with Crippen LogP contribution in [0.25, 0.3) is 0 Å². The molecule has 2 saturated heterocycles. The van der Waals surface area contributed by atoms with Crippen LogP contribution in [0.5, 0.6) is 0 Å². The second-order valence-corrected chi connectivity index (χ2v) is 9.59. The molecule has 2 aliphatic heterocycles. The molecule has 36 heavy (non-hydrogen) atoms. The minimum atomic E-state index is -5.07. The molecular weight excluding hydrogens is 493 g/mol. The Morgan fingerprint density at radius 2 is 1.83 bits per heavy atom. The lowest BCUT2D eigenvalue weighted by molar-refractivity contribution is -0.321. The van der Waals surface area contributed by atoms with E-state index in [1.807, 2.05) is 0 Å². The molecule has 8 nitrogen and oxygen atoms in total. The van der Waals surface area contributed by atoms with Crippen molar-refractivity contribution in [3.63, 3.8) is 0 Å². The number of ether oxygens (including phenoxy) is 1. The summed E-state index contributed by atoms with van der Waals surface area (Å²) in [6.45, 7) is -0.874. The van der Waals surface area contributed by atoms with E-state index in [0.717, 1.165) is 25.0 Å². The molecule has 196 valence electrons. The van der Waals surface area contributed by atoms with Crippen molar-refractivity contribution in [1.29, 1.82) is 0 Å². The molecule has 3 atom stereocenters. The monoisotopic (exact) mass is 517 g/mol. The maximum atomic E-state index is 13.7. The van der Waals surface area contributed by atoms with Crippen molar-refractivity contribution in [3.05, 3.63) is 35.4 Å². The number of hydrogen-bond acceptors (Lipinski definition) is 5. The number of alkyl halides is 3. The van der Waals surface area contributed by atoms with Gasteiger partial charge in [0.15, 0.2) is 5.78 Å². The Morgan fingerprint density at radius 1 is 1.17 bits per heavy atom. The van der Waals surface area contributed by atoms with E-state index in [4.69, 9.17) is 0 Å². The summed E-state index contributed by atoms with van der Waals surface area (Å²) >= 11 is 0. The topological polar surface area (TPSA) is 105 Å². The average molecular weight is 517 g/mol. The van der Waals surface area contributed by atoms with Crippen molar-refractivity contribution in [3.8, 4) is 0 Å². The summed E-state index contributed by atoms with van der Waals surface area (Å²) in [6.07, 6.45) is -3.29. The Bertz CT molecular complexity index is 1050. The van der Waals surface area contributed by atoms with Gasteiger partial charge in [-0.15, -0.1) is 13.2 Å². The maximum absolute atomic E-state index is 13.7. The molecule has 1 aromatic rings. The van der Waals surface area contributed by atoms with Crippen molar-refractivity contribution in [2.75, 3.05) is 19.7 Å². The number of rotatable bonds is 8. The highest BCUT2D eigenvalue weighted by Crippen LogP contribution is 2.55. The zero-order valence-electron chi connectivity index (χ0n) is 19.0. The van der Waals surface area contributed by atoms with Crippen molar-refractivity contribution in [1.82, 2.24) is 15.5 Å². The van der Waals surface area contributed by atoms with Crippen LogP contribution in [-0.2, 0) is 19.1 Å². The normalized spacial score (nSPS) is 23.5. The van der Waals surface area contributed by atoms with Crippen LogP contribution in [0, 0.1) is 23.0 Å². The first-order valence-corrected chi connectivity index (χ1v) is 11.4. The van der Waals surface area contributed by atoms with Crippen LogP contribution >= 0.6 is 0 Å². The summed E-state index contributed by atoms with van der Waals surface area (Å²) in [5.74, 6) is -5.68. The number of halogens is 5. The van der Waals surface area contributed by atoms with Gasteiger partial charge in [0, 0.05) is 30.6 Å². The molecule has 0 radical (unpaired) electrons. The number of amides is 3. The summed E-state index contributed by atoms with van der Waals surface area (Å²) in [4.78, 5) is 52.0. The molecule has 0 aromatic heterocycles. The molecule has 1 saturated carbocycles. The molecule has 0 unspecified atom stereocenters. The highest BCUT2D eigenvalue weighted by molar-refractivity contribution is 5.99. The summed E-state index contributed by atoms with van der Waals surface area (Å²) < 4.78 is 68.4. The van der Waals surface area contributed by atoms with Gasteiger partial charge in [-0.2, -0.15) is 0 Å². The first-order chi connectivity index (χ1) is 16.9. The van der Waals surface area contributed by atoms with Crippen LogP contribution in [-0.4, -0.2) is 66.5 Å². The summed E-state index contributed by atoms with van der Waals surface area (Å²) in [5, 5.41) is 4.97. The van der Waals surface area contributed by atoms with E-state index in [1.165, 1.54) is 4.90 Å². The van der Waals surface area contributed by atoms with Gasteiger partial charge in [0.1, 0.15) is 24.3 Å². The Hall–Kier alpha value is -3.09. The molecule has 3 aliphatic rings. The summed E-state index contributed by atoms with van der Waals surface area (Å²) in [6, 6.07) is -0.281. The summed E-state index contributed by atoms with van der Waals surface area (Å²) in [7, 11) is 0. The molecule has 1 aromatic carbocycles. The summed E-state index contributed by atoms with van der Waals surface area (Å²) in [5.41, 5.74) is -0.634. The fraction of sp³-hybridized carbons (Fsp3) is 0.565. The molecule has 4 rings (SSSR count). The zero-order valence-corrected chi connectivity index (χ0v) is 19.0. The Kier molecular flexibility index (Phi) is 7.04. The van der Waals surface area contributed by atoms with E-state index in [2.05, 4.69) is 15.4 Å². The van der Waals surface area contributed by atoms with Crippen LogP contribution in [0.1, 0.15) is 42.5 Å². The van der Waals surface area contributed by atoms with E-state index in [1.54, 1.807) is 0 Å². The predicted molar refractivity (Wildman–Crippen MR) is 112 cm³/mol. The second-order valence-electron chi connectivity index (χ2n) is 9.59. The number of Topliss-reactive ketones (excluding diaryl/α,β-unsaturated/α-hetero) is 1. The molecule has 1 spiro atoms. The van der Waals surface area contributed by atoms with Gasteiger partial charge < -0.3 is 15.5 Å². The maximum Gasteiger partial charge on any atom is 0.522 e. The molecule has 3 amide bonds. The van der Waals surface area contributed by atoms with Gasteiger partial charge in [-0.05, 0) is 49.7 Å². The molecule has 0 bridgehead atoms. The first kappa shape index (κ1) is 26.0. The largest absolute Gasteiger partial charge is 0.522 e. The molecule has 2 heterocycles. The zero-order chi connectivity index (χ0) is 26.3. The Labute approximate surface area is 202 Å². The molecule has 1 aliphatic carbocycles.